The number of hydrogen-bond acceptors (Lipinski definition) is 5. The highest BCUT2D eigenvalue weighted by Crippen LogP contribution is 2.12. The van der Waals surface area contributed by atoms with Gasteiger partial charge < -0.3 is 9.84 Å². The molecule has 0 aliphatic heterocycles. The van der Waals surface area contributed by atoms with Crippen LogP contribution in [0.25, 0.3) is 0 Å². The van der Waals surface area contributed by atoms with Gasteiger partial charge >= 0.3 is 0 Å². The number of methoxy groups -OCH3 is 1. The number of nitrogens with one attached hydrogen (secondary N) is 1. The quantitative estimate of drug-likeness (QED) is 0.717. The molecule has 1 unspecified atom stereocenters. The van der Waals surface area contributed by atoms with E-state index in [1.165, 1.54) is 25.4 Å². The summed E-state index contributed by atoms with van der Waals surface area (Å²) in [6.07, 6.45) is 0.398. The summed E-state index contributed by atoms with van der Waals surface area (Å²) in [5.74, 6) is 0. The lowest BCUT2D eigenvalue weighted by atomic mass is 10.4. The van der Waals surface area contributed by atoms with E-state index in [2.05, 4.69) is 14.4 Å². The SMILES string of the molecule is COCC(O)CNS(=O)(=O)c1ccnc(Cl)c1. The predicted molar refractivity (Wildman–Crippen MR) is 62.3 cm³/mol. The van der Waals surface area contributed by atoms with Gasteiger partial charge in [-0.05, 0) is 12.1 Å². The van der Waals surface area contributed by atoms with Gasteiger partial charge in [0.2, 0.25) is 10.0 Å². The van der Waals surface area contributed by atoms with E-state index in [4.69, 9.17) is 11.6 Å². The molecule has 0 aromatic carbocycles. The van der Waals surface area contributed by atoms with Crippen molar-refractivity contribution in [3.8, 4) is 0 Å². The molecule has 0 aliphatic rings. The van der Waals surface area contributed by atoms with Crippen LogP contribution in [0.5, 0.6) is 0 Å². The summed E-state index contributed by atoms with van der Waals surface area (Å²) in [7, 11) is -2.27. The van der Waals surface area contributed by atoms with Crippen LogP contribution in [-0.2, 0) is 14.8 Å². The summed E-state index contributed by atoms with van der Waals surface area (Å²) >= 11 is 5.59. The minimum absolute atomic E-state index is 0.00196. The van der Waals surface area contributed by atoms with Gasteiger partial charge in [0.15, 0.2) is 0 Å². The Labute approximate surface area is 105 Å². The van der Waals surface area contributed by atoms with Gasteiger partial charge in [0, 0.05) is 19.9 Å². The highest BCUT2D eigenvalue weighted by atomic mass is 35.5. The Morgan fingerprint density at radius 3 is 2.94 bits per heavy atom. The zero-order valence-corrected chi connectivity index (χ0v) is 10.7. The van der Waals surface area contributed by atoms with E-state index in [-0.39, 0.29) is 23.2 Å². The molecule has 0 bridgehead atoms. The molecule has 0 aliphatic carbocycles. The second kappa shape index (κ2) is 6.27. The van der Waals surface area contributed by atoms with Gasteiger partial charge in [-0.1, -0.05) is 11.6 Å². The average molecular weight is 281 g/mol. The normalized spacial score (nSPS) is 13.6. The number of ether oxygens (including phenoxy) is 1. The number of sulfonamides is 1. The number of aliphatic hydroxyl groups is 1. The first-order chi connectivity index (χ1) is 7.95. The first-order valence-electron chi connectivity index (χ1n) is 4.74. The lowest BCUT2D eigenvalue weighted by molar-refractivity contribution is 0.0679. The number of pyridine rings is 1. The van der Waals surface area contributed by atoms with Crippen LogP contribution < -0.4 is 4.72 Å². The number of halogens is 1. The second-order valence-electron chi connectivity index (χ2n) is 3.28. The van der Waals surface area contributed by atoms with Crippen LogP contribution >= 0.6 is 11.6 Å². The van der Waals surface area contributed by atoms with Crippen LogP contribution in [0.3, 0.4) is 0 Å². The molecule has 96 valence electrons. The zero-order chi connectivity index (χ0) is 12.9. The summed E-state index contributed by atoms with van der Waals surface area (Å²) in [5, 5.41) is 9.41. The molecule has 1 heterocycles. The van der Waals surface area contributed by atoms with Crippen molar-refractivity contribution in [2.75, 3.05) is 20.3 Å². The van der Waals surface area contributed by atoms with E-state index < -0.39 is 16.1 Å². The lowest BCUT2D eigenvalue weighted by Gasteiger charge is -2.11. The molecule has 0 amide bonds. The molecular formula is C9H13ClN2O4S. The molecule has 1 atom stereocenters. The molecule has 1 rings (SSSR count). The van der Waals surface area contributed by atoms with Gasteiger partial charge in [0.25, 0.3) is 0 Å². The van der Waals surface area contributed by atoms with Crippen LogP contribution in [0.1, 0.15) is 0 Å². The van der Waals surface area contributed by atoms with Crippen LogP contribution in [0.2, 0.25) is 5.15 Å². The number of aromatic nitrogens is 1. The summed E-state index contributed by atoms with van der Waals surface area (Å²) in [5.41, 5.74) is 0. The third-order valence-corrected chi connectivity index (χ3v) is 3.50. The average Bonchev–Trinajstić information content (AvgIpc) is 2.27. The molecule has 1 aromatic rings. The number of nitrogens with zero attached hydrogens (tertiary/aromatic N) is 1. The Bertz CT molecular complexity index is 466. The summed E-state index contributed by atoms with van der Waals surface area (Å²) < 4.78 is 30.4. The Balaban J connectivity index is 2.69. The van der Waals surface area contributed by atoms with E-state index in [0.29, 0.717) is 0 Å². The predicted octanol–water partition coefficient (Wildman–Crippen LogP) is 0.0206. The molecule has 0 saturated heterocycles. The highest BCUT2D eigenvalue weighted by molar-refractivity contribution is 7.89. The summed E-state index contributed by atoms with van der Waals surface area (Å²) in [6.45, 7) is -0.0737. The maximum atomic E-state index is 11.7. The minimum atomic E-state index is -3.69. The van der Waals surface area contributed by atoms with Crippen molar-refractivity contribution in [1.82, 2.24) is 9.71 Å². The van der Waals surface area contributed by atoms with Crippen LogP contribution in [0.15, 0.2) is 23.2 Å². The summed E-state index contributed by atoms with van der Waals surface area (Å²) in [6, 6.07) is 2.55. The van der Waals surface area contributed by atoms with Crippen molar-refractivity contribution in [1.29, 1.82) is 0 Å². The van der Waals surface area contributed by atoms with E-state index in [9.17, 15) is 13.5 Å². The van der Waals surface area contributed by atoms with Crippen LogP contribution in [-0.4, -0.2) is 44.9 Å². The fourth-order valence-electron chi connectivity index (χ4n) is 1.09. The van der Waals surface area contributed by atoms with Gasteiger partial charge in [-0.15, -0.1) is 0 Å². The fourth-order valence-corrected chi connectivity index (χ4v) is 2.42. The van der Waals surface area contributed by atoms with Gasteiger partial charge in [0.05, 0.1) is 17.6 Å². The van der Waals surface area contributed by atoms with Gasteiger partial charge in [-0.2, -0.15) is 0 Å². The van der Waals surface area contributed by atoms with Crippen LogP contribution in [0, 0.1) is 0 Å². The van der Waals surface area contributed by atoms with Crippen molar-refractivity contribution < 1.29 is 18.3 Å². The molecule has 2 N–H and O–H groups in total. The van der Waals surface area contributed by atoms with E-state index >= 15 is 0 Å². The Kier molecular flexibility index (Phi) is 5.29. The third kappa shape index (κ3) is 4.57. The molecular weight excluding hydrogens is 268 g/mol. The first-order valence-corrected chi connectivity index (χ1v) is 6.60. The zero-order valence-electron chi connectivity index (χ0n) is 9.13. The van der Waals surface area contributed by atoms with Gasteiger partial charge in [-0.3, -0.25) is 0 Å². The lowest BCUT2D eigenvalue weighted by Crippen LogP contribution is -2.34. The smallest absolute Gasteiger partial charge is 0.240 e. The number of rotatable bonds is 6. The van der Waals surface area contributed by atoms with E-state index in [1.54, 1.807) is 0 Å². The van der Waals surface area contributed by atoms with Crippen molar-refractivity contribution in [2.45, 2.75) is 11.0 Å². The van der Waals surface area contributed by atoms with Crippen molar-refractivity contribution in [3.63, 3.8) is 0 Å². The third-order valence-electron chi connectivity index (χ3n) is 1.88. The second-order valence-corrected chi connectivity index (χ2v) is 5.43. The molecule has 1 aromatic heterocycles. The largest absolute Gasteiger partial charge is 0.389 e. The molecule has 0 radical (unpaired) electrons. The van der Waals surface area contributed by atoms with Crippen molar-refractivity contribution in [2.24, 2.45) is 0 Å². The fraction of sp³-hybridized carbons (Fsp3) is 0.444. The van der Waals surface area contributed by atoms with E-state index in [0.717, 1.165) is 0 Å². The van der Waals surface area contributed by atoms with Crippen molar-refractivity contribution >= 4 is 21.6 Å². The Morgan fingerprint density at radius 2 is 2.35 bits per heavy atom. The molecule has 8 heteroatoms. The minimum Gasteiger partial charge on any atom is -0.389 e. The maximum absolute atomic E-state index is 11.7. The molecule has 0 saturated carbocycles. The monoisotopic (exact) mass is 280 g/mol. The standard InChI is InChI=1S/C9H13ClN2O4S/c1-16-6-7(13)5-12-17(14,15)8-2-3-11-9(10)4-8/h2-4,7,12-13H,5-6H2,1H3. The summed E-state index contributed by atoms with van der Waals surface area (Å²) in [4.78, 5) is 3.68. The molecule has 0 fully saturated rings. The molecule has 6 nitrogen and oxygen atoms in total. The maximum Gasteiger partial charge on any atom is 0.240 e. The first kappa shape index (κ1) is 14.3. The highest BCUT2D eigenvalue weighted by Gasteiger charge is 2.16. The van der Waals surface area contributed by atoms with Crippen LogP contribution in [0.4, 0.5) is 0 Å². The van der Waals surface area contributed by atoms with E-state index in [1.807, 2.05) is 0 Å². The number of hydrogen-bond donors (Lipinski definition) is 2. The van der Waals surface area contributed by atoms with Gasteiger partial charge in [0.1, 0.15) is 5.15 Å². The molecule has 17 heavy (non-hydrogen) atoms. The van der Waals surface area contributed by atoms with Gasteiger partial charge in [-0.25, -0.2) is 18.1 Å². The molecule has 0 spiro atoms. The Hall–Kier alpha value is -0.730. The topological polar surface area (TPSA) is 88.5 Å². The van der Waals surface area contributed by atoms with Crippen molar-refractivity contribution in [3.05, 3.63) is 23.5 Å². The Morgan fingerprint density at radius 1 is 1.65 bits per heavy atom. The number of aliphatic hydroxyl groups excluding tert-OH is 1.